The molecular formula is C28H31ClFN5O3. The molecule has 0 aliphatic rings. The summed E-state index contributed by atoms with van der Waals surface area (Å²) in [6.45, 7) is 12.5. The molecule has 1 N–H and O–H groups in total. The Bertz CT molecular complexity index is 1520. The maximum atomic E-state index is 13.5. The first-order chi connectivity index (χ1) is 18.0. The second-order valence-corrected chi connectivity index (χ2v) is 9.38. The van der Waals surface area contributed by atoms with E-state index < -0.39 is 17.0 Å². The average molecular weight is 540 g/mol. The molecule has 0 aliphatic carbocycles. The van der Waals surface area contributed by atoms with Crippen LogP contribution in [0.15, 0.2) is 47.7 Å². The van der Waals surface area contributed by atoms with Gasteiger partial charge < -0.3 is 9.84 Å². The Hall–Kier alpha value is -3.69. The Kier molecular flexibility index (Phi) is 8.96. The second kappa shape index (κ2) is 11.8. The van der Waals surface area contributed by atoms with Crippen molar-refractivity contribution >= 4 is 11.6 Å². The van der Waals surface area contributed by atoms with Gasteiger partial charge in [-0.25, -0.2) is 14.4 Å². The third-order valence-corrected chi connectivity index (χ3v) is 5.91. The molecule has 200 valence electrons. The van der Waals surface area contributed by atoms with Crippen LogP contribution in [0.1, 0.15) is 56.0 Å². The first kappa shape index (κ1) is 28.9. The predicted molar refractivity (Wildman–Crippen MR) is 145 cm³/mol. The summed E-state index contributed by atoms with van der Waals surface area (Å²) in [5.41, 5.74) is 2.19. The van der Waals surface area contributed by atoms with Crippen molar-refractivity contribution in [1.82, 2.24) is 24.5 Å². The number of nitrogens with zero attached hydrogens (tertiary/aromatic N) is 5. The van der Waals surface area contributed by atoms with E-state index in [0.29, 0.717) is 34.0 Å². The van der Waals surface area contributed by atoms with Gasteiger partial charge in [0.05, 0.1) is 29.0 Å². The predicted octanol–water partition coefficient (Wildman–Crippen LogP) is 5.63. The molecule has 0 amide bonds. The number of aromatic nitrogens is 5. The van der Waals surface area contributed by atoms with Gasteiger partial charge in [0.2, 0.25) is 0 Å². The molecule has 0 bridgehead atoms. The van der Waals surface area contributed by atoms with Crippen LogP contribution in [0.25, 0.3) is 17.1 Å². The molecule has 10 heteroatoms. The fourth-order valence-electron chi connectivity index (χ4n) is 3.60. The number of pyridine rings is 3. The number of hydrogen-bond donors (Lipinski definition) is 1. The molecule has 4 aromatic rings. The van der Waals surface area contributed by atoms with Crippen molar-refractivity contribution in [3.63, 3.8) is 0 Å². The molecule has 0 aromatic carbocycles. The van der Waals surface area contributed by atoms with E-state index in [1.165, 1.54) is 4.57 Å². The monoisotopic (exact) mass is 539 g/mol. The second-order valence-electron chi connectivity index (χ2n) is 9.00. The lowest BCUT2D eigenvalue weighted by Crippen LogP contribution is -2.23. The molecular weight excluding hydrogens is 509 g/mol. The molecule has 0 fully saturated rings. The standard InChI is InChI=1S/C26H25ClFN5O3.C2H6/c1-14-8-17(30-12-18(14)28)13-36-22-9-16(3)33(24(34)23(22)27)21-10-20(31-11-15(21)2)19-6-7-29-25(32-19)26(4,5)35;1-2/h6-12,35H,13H2,1-5H3;1-2H3. The Labute approximate surface area is 226 Å². The van der Waals surface area contributed by atoms with Gasteiger partial charge in [-0.2, -0.15) is 0 Å². The first-order valence-corrected chi connectivity index (χ1v) is 12.5. The van der Waals surface area contributed by atoms with Crippen LogP contribution < -0.4 is 10.3 Å². The largest absolute Gasteiger partial charge is 0.485 e. The van der Waals surface area contributed by atoms with Crippen molar-refractivity contribution < 1.29 is 14.2 Å². The summed E-state index contributed by atoms with van der Waals surface area (Å²) in [5.74, 6) is 0.0602. The van der Waals surface area contributed by atoms with E-state index in [9.17, 15) is 14.3 Å². The van der Waals surface area contributed by atoms with Crippen molar-refractivity contribution in [3.05, 3.63) is 92.4 Å². The van der Waals surface area contributed by atoms with Gasteiger partial charge in [0.25, 0.3) is 5.56 Å². The van der Waals surface area contributed by atoms with Crippen LogP contribution in [0.2, 0.25) is 5.02 Å². The summed E-state index contributed by atoms with van der Waals surface area (Å²) >= 11 is 6.42. The first-order valence-electron chi connectivity index (χ1n) is 12.1. The molecule has 0 spiro atoms. The highest BCUT2D eigenvalue weighted by atomic mass is 35.5. The molecule has 0 aliphatic heterocycles. The fraction of sp³-hybridized carbons (Fsp3) is 0.321. The van der Waals surface area contributed by atoms with Crippen LogP contribution in [-0.2, 0) is 12.2 Å². The lowest BCUT2D eigenvalue weighted by Gasteiger charge is -2.17. The zero-order valence-corrected chi connectivity index (χ0v) is 23.3. The Morgan fingerprint density at radius 2 is 1.74 bits per heavy atom. The zero-order valence-electron chi connectivity index (χ0n) is 22.5. The van der Waals surface area contributed by atoms with Gasteiger partial charge >= 0.3 is 0 Å². The highest BCUT2D eigenvalue weighted by molar-refractivity contribution is 6.31. The number of rotatable bonds is 6. The SMILES string of the molecule is CC.Cc1cc(COc2cc(C)n(-c3cc(-c4ccnc(C(C)(C)O)n4)ncc3C)c(=O)c2Cl)ncc1F. The molecule has 8 nitrogen and oxygen atoms in total. The van der Waals surface area contributed by atoms with Crippen molar-refractivity contribution in [3.8, 4) is 22.8 Å². The van der Waals surface area contributed by atoms with Gasteiger partial charge in [-0.15, -0.1) is 0 Å². The van der Waals surface area contributed by atoms with Crippen LogP contribution in [0.3, 0.4) is 0 Å². The van der Waals surface area contributed by atoms with Crippen molar-refractivity contribution in [2.45, 2.75) is 60.7 Å². The van der Waals surface area contributed by atoms with E-state index in [1.807, 2.05) is 20.8 Å². The summed E-state index contributed by atoms with van der Waals surface area (Å²) < 4.78 is 20.7. The molecule has 0 atom stereocenters. The highest BCUT2D eigenvalue weighted by Gasteiger charge is 2.21. The molecule has 0 saturated carbocycles. The van der Waals surface area contributed by atoms with Crippen LogP contribution in [0.4, 0.5) is 4.39 Å². The van der Waals surface area contributed by atoms with Crippen LogP contribution in [0.5, 0.6) is 5.75 Å². The molecule has 0 radical (unpaired) electrons. The minimum absolute atomic E-state index is 0.0272. The van der Waals surface area contributed by atoms with Crippen molar-refractivity contribution in [2.75, 3.05) is 0 Å². The Morgan fingerprint density at radius 1 is 1.03 bits per heavy atom. The van der Waals surface area contributed by atoms with Gasteiger partial charge in [0, 0.05) is 24.2 Å². The van der Waals surface area contributed by atoms with E-state index in [4.69, 9.17) is 16.3 Å². The number of hydrogen-bond acceptors (Lipinski definition) is 7. The van der Waals surface area contributed by atoms with E-state index in [1.54, 1.807) is 64.4 Å². The molecule has 0 unspecified atom stereocenters. The highest BCUT2D eigenvalue weighted by Crippen LogP contribution is 2.27. The minimum atomic E-state index is -1.22. The van der Waals surface area contributed by atoms with Crippen molar-refractivity contribution in [1.29, 1.82) is 0 Å². The third-order valence-electron chi connectivity index (χ3n) is 5.56. The van der Waals surface area contributed by atoms with Gasteiger partial charge in [-0.05, 0) is 63.9 Å². The average Bonchev–Trinajstić information content (AvgIpc) is 2.89. The summed E-state index contributed by atoms with van der Waals surface area (Å²) in [6.07, 6.45) is 4.32. The minimum Gasteiger partial charge on any atom is -0.485 e. The van der Waals surface area contributed by atoms with E-state index >= 15 is 0 Å². The van der Waals surface area contributed by atoms with E-state index in [-0.39, 0.29) is 23.2 Å². The van der Waals surface area contributed by atoms with Crippen LogP contribution in [-0.4, -0.2) is 29.6 Å². The Balaban J connectivity index is 0.00000195. The molecule has 4 heterocycles. The lowest BCUT2D eigenvalue weighted by molar-refractivity contribution is 0.0688. The lowest BCUT2D eigenvalue weighted by atomic mass is 10.1. The third kappa shape index (κ3) is 6.23. The topological polar surface area (TPSA) is 103 Å². The van der Waals surface area contributed by atoms with Crippen molar-refractivity contribution in [2.24, 2.45) is 0 Å². The van der Waals surface area contributed by atoms with Crippen LogP contribution >= 0.6 is 11.6 Å². The van der Waals surface area contributed by atoms with Gasteiger partial charge in [-0.3, -0.25) is 19.3 Å². The number of aryl methyl sites for hydroxylation is 3. The summed E-state index contributed by atoms with van der Waals surface area (Å²) in [4.78, 5) is 30.3. The van der Waals surface area contributed by atoms with E-state index in [2.05, 4.69) is 19.9 Å². The quantitative estimate of drug-likeness (QED) is 0.338. The molecule has 4 rings (SSSR count). The number of aliphatic hydroxyl groups is 1. The maximum Gasteiger partial charge on any atom is 0.277 e. The summed E-state index contributed by atoms with van der Waals surface area (Å²) in [5, 5.41) is 10.2. The summed E-state index contributed by atoms with van der Waals surface area (Å²) in [6, 6.07) is 6.66. The Morgan fingerprint density at radius 3 is 2.39 bits per heavy atom. The van der Waals surface area contributed by atoms with Crippen LogP contribution in [0, 0.1) is 26.6 Å². The fourth-order valence-corrected chi connectivity index (χ4v) is 3.80. The maximum absolute atomic E-state index is 13.5. The number of ether oxygens (including phenoxy) is 1. The summed E-state index contributed by atoms with van der Waals surface area (Å²) in [7, 11) is 0. The normalized spacial score (nSPS) is 11.1. The van der Waals surface area contributed by atoms with Gasteiger partial charge in [0.15, 0.2) is 5.82 Å². The zero-order chi connectivity index (χ0) is 28.2. The number of halogens is 2. The molecule has 38 heavy (non-hydrogen) atoms. The molecule has 4 aromatic heterocycles. The van der Waals surface area contributed by atoms with Gasteiger partial charge in [0.1, 0.15) is 28.8 Å². The van der Waals surface area contributed by atoms with E-state index in [0.717, 1.165) is 11.8 Å². The smallest absolute Gasteiger partial charge is 0.277 e. The van der Waals surface area contributed by atoms with Gasteiger partial charge in [-0.1, -0.05) is 25.4 Å². The molecule has 0 saturated heterocycles.